The second-order valence-corrected chi connectivity index (χ2v) is 5.38. The molecular weight excluding hydrogens is 363 g/mol. The van der Waals surface area contributed by atoms with Gasteiger partial charge in [-0.25, -0.2) is 9.78 Å². The molecular formula is C18H14F3N3O3. The van der Waals surface area contributed by atoms with E-state index in [1.165, 1.54) is 0 Å². The van der Waals surface area contributed by atoms with E-state index in [1.807, 2.05) is 36.4 Å². The second-order valence-electron chi connectivity index (χ2n) is 5.38. The highest BCUT2D eigenvalue weighted by Crippen LogP contribution is 2.26. The fourth-order valence-corrected chi connectivity index (χ4v) is 2.20. The number of rotatable bonds is 2. The van der Waals surface area contributed by atoms with Crippen molar-refractivity contribution in [3.8, 4) is 11.1 Å². The number of amides is 1. The number of carboxylic acids is 1. The SMILES string of the molecule is NC(=O)c1ccc(-c2ccc3ccnc(N)c3c2)cc1.O=C(O)C(F)(F)F. The summed E-state index contributed by atoms with van der Waals surface area (Å²) >= 11 is 0. The Hall–Kier alpha value is -3.62. The standard InChI is InChI=1S/C16H13N3O.C2HF3O2/c17-15-14-9-13(6-3-11(14)7-8-19-15)10-1-4-12(5-2-10)16(18)20;3-2(4,5)1(6)7/h1-9H,(H2,17,19)(H2,18,20);(H,6,7). The molecule has 0 fully saturated rings. The van der Waals surface area contributed by atoms with Gasteiger partial charge < -0.3 is 16.6 Å². The minimum Gasteiger partial charge on any atom is -0.475 e. The van der Waals surface area contributed by atoms with Crippen LogP contribution in [0.1, 0.15) is 10.4 Å². The number of pyridine rings is 1. The molecule has 1 amide bonds. The quantitative estimate of drug-likeness (QED) is 0.633. The Kier molecular flexibility index (Phi) is 5.64. The molecule has 0 atom stereocenters. The zero-order valence-corrected chi connectivity index (χ0v) is 13.7. The van der Waals surface area contributed by atoms with Crippen LogP contribution in [-0.4, -0.2) is 28.1 Å². The number of nitrogens with two attached hydrogens (primary N) is 2. The number of fused-ring (bicyclic) bond motifs is 1. The molecule has 0 spiro atoms. The van der Waals surface area contributed by atoms with E-state index in [0.717, 1.165) is 21.9 Å². The summed E-state index contributed by atoms with van der Waals surface area (Å²) in [6, 6.07) is 15.1. The van der Waals surface area contributed by atoms with Gasteiger partial charge in [0.15, 0.2) is 0 Å². The van der Waals surface area contributed by atoms with E-state index in [0.29, 0.717) is 11.4 Å². The van der Waals surface area contributed by atoms with Crippen LogP contribution >= 0.6 is 0 Å². The van der Waals surface area contributed by atoms with Crippen molar-refractivity contribution < 1.29 is 27.9 Å². The van der Waals surface area contributed by atoms with Gasteiger partial charge in [0.2, 0.25) is 5.91 Å². The molecule has 0 aliphatic carbocycles. The fourth-order valence-electron chi connectivity index (χ4n) is 2.20. The number of carbonyl (C=O) groups is 2. The average Bonchev–Trinajstić information content (AvgIpc) is 2.61. The van der Waals surface area contributed by atoms with Crippen LogP contribution in [-0.2, 0) is 4.79 Å². The number of aromatic nitrogens is 1. The highest BCUT2D eigenvalue weighted by Gasteiger charge is 2.38. The van der Waals surface area contributed by atoms with Gasteiger partial charge in [-0.05, 0) is 40.8 Å². The Balaban J connectivity index is 0.000000321. The van der Waals surface area contributed by atoms with Crippen molar-refractivity contribution in [2.45, 2.75) is 6.18 Å². The molecule has 5 N–H and O–H groups in total. The molecule has 140 valence electrons. The largest absolute Gasteiger partial charge is 0.490 e. The number of carboxylic acid groups (broad SMARTS) is 1. The van der Waals surface area contributed by atoms with Crippen LogP contribution in [0.25, 0.3) is 21.9 Å². The minimum absolute atomic E-state index is 0.427. The van der Waals surface area contributed by atoms with Gasteiger partial charge in [0, 0.05) is 17.1 Å². The first-order valence-electron chi connectivity index (χ1n) is 7.44. The molecule has 6 nitrogen and oxygen atoms in total. The van der Waals surface area contributed by atoms with Crippen LogP contribution in [0.15, 0.2) is 54.7 Å². The number of nitrogen functional groups attached to an aromatic ring is 1. The maximum absolute atomic E-state index is 11.1. The van der Waals surface area contributed by atoms with Gasteiger partial charge in [-0.3, -0.25) is 4.79 Å². The van der Waals surface area contributed by atoms with Crippen LogP contribution in [0.2, 0.25) is 0 Å². The van der Waals surface area contributed by atoms with E-state index in [2.05, 4.69) is 4.98 Å². The van der Waals surface area contributed by atoms with Gasteiger partial charge in [-0.2, -0.15) is 13.2 Å². The van der Waals surface area contributed by atoms with Gasteiger partial charge in [0.1, 0.15) is 5.82 Å². The lowest BCUT2D eigenvalue weighted by Gasteiger charge is -2.06. The summed E-state index contributed by atoms with van der Waals surface area (Å²) in [6.07, 6.45) is -3.39. The number of benzene rings is 2. The van der Waals surface area contributed by atoms with Crippen molar-refractivity contribution in [2.75, 3.05) is 5.73 Å². The lowest BCUT2D eigenvalue weighted by atomic mass is 10.0. The number of anilines is 1. The topological polar surface area (TPSA) is 119 Å². The van der Waals surface area contributed by atoms with Gasteiger partial charge in [0.05, 0.1) is 0 Å². The summed E-state index contributed by atoms with van der Waals surface area (Å²) in [4.78, 5) is 24.1. The average molecular weight is 377 g/mol. The molecule has 1 heterocycles. The molecule has 0 unspecified atom stereocenters. The number of alkyl halides is 3. The molecule has 3 rings (SSSR count). The summed E-state index contributed by atoms with van der Waals surface area (Å²) in [5.41, 5.74) is 13.6. The first-order valence-corrected chi connectivity index (χ1v) is 7.44. The smallest absolute Gasteiger partial charge is 0.475 e. The predicted octanol–water partition coefficient (Wildman–Crippen LogP) is 3.22. The van der Waals surface area contributed by atoms with E-state index in [-0.39, 0.29) is 0 Å². The number of aliphatic carboxylic acids is 1. The van der Waals surface area contributed by atoms with Gasteiger partial charge in [-0.15, -0.1) is 0 Å². The van der Waals surface area contributed by atoms with Gasteiger partial charge >= 0.3 is 12.1 Å². The number of carbonyl (C=O) groups excluding carboxylic acids is 1. The van der Waals surface area contributed by atoms with Crippen LogP contribution in [0.3, 0.4) is 0 Å². The van der Waals surface area contributed by atoms with Crippen molar-refractivity contribution in [2.24, 2.45) is 5.73 Å². The summed E-state index contributed by atoms with van der Waals surface area (Å²) in [5.74, 6) is -2.67. The lowest BCUT2D eigenvalue weighted by molar-refractivity contribution is -0.192. The monoisotopic (exact) mass is 377 g/mol. The Bertz CT molecular complexity index is 987. The normalized spacial score (nSPS) is 10.8. The molecule has 0 bridgehead atoms. The number of nitrogens with zero attached hydrogens (tertiary/aromatic N) is 1. The number of primary amides is 1. The van der Waals surface area contributed by atoms with E-state index < -0.39 is 18.1 Å². The maximum atomic E-state index is 11.1. The first-order chi connectivity index (χ1) is 12.6. The van der Waals surface area contributed by atoms with E-state index >= 15 is 0 Å². The highest BCUT2D eigenvalue weighted by atomic mass is 19.4. The third-order valence-electron chi connectivity index (χ3n) is 3.54. The van der Waals surface area contributed by atoms with Crippen molar-refractivity contribution in [1.82, 2.24) is 4.98 Å². The summed E-state index contributed by atoms with van der Waals surface area (Å²) in [6.45, 7) is 0. The molecule has 1 aromatic heterocycles. The van der Waals surface area contributed by atoms with Crippen LogP contribution < -0.4 is 11.5 Å². The van der Waals surface area contributed by atoms with Crippen LogP contribution in [0.5, 0.6) is 0 Å². The highest BCUT2D eigenvalue weighted by molar-refractivity contribution is 5.95. The molecule has 0 aliphatic heterocycles. The van der Waals surface area contributed by atoms with Crippen LogP contribution in [0, 0.1) is 0 Å². The molecule has 27 heavy (non-hydrogen) atoms. The molecule has 3 aromatic rings. The van der Waals surface area contributed by atoms with Gasteiger partial charge in [-0.1, -0.05) is 24.3 Å². The first kappa shape index (κ1) is 19.7. The summed E-state index contributed by atoms with van der Waals surface area (Å²) < 4.78 is 31.7. The van der Waals surface area contributed by atoms with E-state index in [9.17, 15) is 18.0 Å². The van der Waals surface area contributed by atoms with Gasteiger partial charge in [0.25, 0.3) is 0 Å². The lowest BCUT2D eigenvalue weighted by Crippen LogP contribution is -2.21. The zero-order chi connectivity index (χ0) is 20.2. The Morgan fingerprint density at radius 2 is 1.52 bits per heavy atom. The predicted molar refractivity (Wildman–Crippen MR) is 93.8 cm³/mol. The number of halogens is 3. The zero-order valence-electron chi connectivity index (χ0n) is 13.7. The Morgan fingerprint density at radius 3 is 2.04 bits per heavy atom. The Labute approximate surface area is 151 Å². The third-order valence-corrected chi connectivity index (χ3v) is 3.54. The molecule has 0 saturated carbocycles. The minimum atomic E-state index is -5.08. The number of hydrogen-bond acceptors (Lipinski definition) is 4. The molecule has 2 aromatic carbocycles. The number of hydrogen-bond donors (Lipinski definition) is 3. The van der Waals surface area contributed by atoms with E-state index in [1.54, 1.807) is 18.3 Å². The molecule has 0 saturated heterocycles. The fraction of sp³-hybridized carbons (Fsp3) is 0.0556. The molecule has 9 heteroatoms. The van der Waals surface area contributed by atoms with Crippen molar-refractivity contribution in [3.05, 3.63) is 60.3 Å². The third kappa shape index (κ3) is 4.94. The van der Waals surface area contributed by atoms with Crippen molar-refractivity contribution >= 4 is 28.5 Å². The second kappa shape index (κ2) is 7.73. The molecule has 0 radical (unpaired) electrons. The summed E-state index contributed by atoms with van der Waals surface area (Å²) in [7, 11) is 0. The maximum Gasteiger partial charge on any atom is 0.490 e. The molecule has 0 aliphatic rings. The Morgan fingerprint density at radius 1 is 0.963 bits per heavy atom. The summed E-state index contributed by atoms with van der Waals surface area (Å²) in [5, 5.41) is 9.10. The van der Waals surface area contributed by atoms with Crippen molar-refractivity contribution in [3.63, 3.8) is 0 Å². The van der Waals surface area contributed by atoms with Crippen molar-refractivity contribution in [1.29, 1.82) is 0 Å². The van der Waals surface area contributed by atoms with E-state index in [4.69, 9.17) is 21.4 Å². The van der Waals surface area contributed by atoms with Crippen LogP contribution in [0.4, 0.5) is 19.0 Å².